The molecule has 0 saturated carbocycles. The quantitative estimate of drug-likeness (QED) is 0.306. The van der Waals surface area contributed by atoms with Crippen molar-refractivity contribution in [3.8, 4) is 0 Å². The summed E-state index contributed by atoms with van der Waals surface area (Å²) < 4.78 is 0. The predicted molar refractivity (Wildman–Crippen MR) is 79.7 cm³/mol. The van der Waals surface area contributed by atoms with Crippen LogP contribution < -0.4 is 5.73 Å². The van der Waals surface area contributed by atoms with Gasteiger partial charge in [-0.25, -0.2) is 0 Å². The molecule has 2 amide bonds. The number of amidine groups is 1. The van der Waals surface area contributed by atoms with Gasteiger partial charge in [-0.05, 0) is 12.2 Å². The molecule has 0 bridgehead atoms. The van der Waals surface area contributed by atoms with Crippen LogP contribution in [-0.2, 0) is 14.4 Å². The summed E-state index contributed by atoms with van der Waals surface area (Å²) in [6, 6.07) is 0. The van der Waals surface area contributed by atoms with Gasteiger partial charge in [0.15, 0.2) is 5.78 Å². The summed E-state index contributed by atoms with van der Waals surface area (Å²) in [4.78, 5) is 40.1. The normalized spacial score (nSPS) is 19.8. The van der Waals surface area contributed by atoms with Gasteiger partial charge in [-0.3, -0.25) is 24.3 Å². The average molecular weight is 299 g/mol. The van der Waals surface area contributed by atoms with Crippen molar-refractivity contribution in [2.75, 3.05) is 19.3 Å². The third kappa shape index (κ3) is 4.63. The topological polar surface area (TPSA) is 92.8 Å². The van der Waals surface area contributed by atoms with Gasteiger partial charge in [0.2, 0.25) is 11.8 Å². The van der Waals surface area contributed by atoms with Gasteiger partial charge in [-0.2, -0.15) is 0 Å². The molecule has 7 heteroatoms. The second-order valence-electron chi connectivity index (χ2n) is 4.59. The number of aliphatic imine (C=N–C) groups is 1. The van der Waals surface area contributed by atoms with Gasteiger partial charge in [0.25, 0.3) is 0 Å². The minimum atomic E-state index is -0.355. The van der Waals surface area contributed by atoms with Crippen molar-refractivity contribution in [2.45, 2.75) is 37.9 Å². The maximum Gasteiger partial charge on any atom is 0.243 e. The fourth-order valence-corrected chi connectivity index (χ4v) is 2.95. The Hall–Kier alpha value is -1.37. The summed E-state index contributed by atoms with van der Waals surface area (Å²) in [7, 11) is 1.64. The molecule has 0 spiro atoms. The maximum atomic E-state index is 12.0. The molecule has 1 fully saturated rings. The zero-order valence-corrected chi connectivity index (χ0v) is 12.7. The molecule has 1 saturated heterocycles. The van der Waals surface area contributed by atoms with Gasteiger partial charge in [0.1, 0.15) is 0 Å². The minimum Gasteiger partial charge on any atom is -0.387 e. The van der Waals surface area contributed by atoms with Gasteiger partial charge >= 0.3 is 0 Å². The first-order chi connectivity index (χ1) is 9.49. The van der Waals surface area contributed by atoms with Gasteiger partial charge < -0.3 is 5.73 Å². The zero-order chi connectivity index (χ0) is 15.1. The lowest BCUT2D eigenvalue weighted by Crippen LogP contribution is -2.35. The first kappa shape index (κ1) is 16.7. The summed E-state index contributed by atoms with van der Waals surface area (Å²) in [5.74, 6) is 0.761. The largest absolute Gasteiger partial charge is 0.387 e. The summed E-state index contributed by atoms with van der Waals surface area (Å²) in [5, 5.41) is -0.355. The van der Waals surface area contributed by atoms with E-state index in [-0.39, 0.29) is 35.8 Å². The highest BCUT2D eigenvalue weighted by atomic mass is 32.2. The third-order valence-electron chi connectivity index (χ3n) is 3.11. The Morgan fingerprint density at radius 2 is 2.20 bits per heavy atom. The summed E-state index contributed by atoms with van der Waals surface area (Å²) in [5.41, 5.74) is 5.58. The Morgan fingerprint density at radius 3 is 2.80 bits per heavy atom. The fraction of sp³-hybridized carbons (Fsp3) is 0.692. The van der Waals surface area contributed by atoms with Gasteiger partial charge in [-0.1, -0.05) is 6.92 Å². The molecule has 0 radical (unpaired) electrons. The van der Waals surface area contributed by atoms with Crippen LogP contribution in [0.2, 0.25) is 0 Å². The van der Waals surface area contributed by atoms with Crippen LogP contribution in [-0.4, -0.2) is 52.9 Å². The Morgan fingerprint density at radius 1 is 1.50 bits per heavy atom. The first-order valence-electron chi connectivity index (χ1n) is 6.68. The van der Waals surface area contributed by atoms with Crippen molar-refractivity contribution in [1.82, 2.24) is 4.90 Å². The number of nitrogens with two attached hydrogens (primary N) is 1. The number of thioether (sulfide) groups is 1. The van der Waals surface area contributed by atoms with Crippen LogP contribution in [0.25, 0.3) is 0 Å². The number of rotatable bonds is 8. The zero-order valence-electron chi connectivity index (χ0n) is 11.9. The number of amides is 2. The summed E-state index contributed by atoms with van der Waals surface area (Å²) >= 11 is 1.45. The van der Waals surface area contributed by atoms with Crippen molar-refractivity contribution in [3.05, 3.63) is 0 Å². The van der Waals surface area contributed by atoms with Crippen LogP contribution in [0.1, 0.15) is 32.6 Å². The molecule has 0 aliphatic carbocycles. The lowest BCUT2D eigenvalue weighted by molar-refractivity contribution is -0.141. The smallest absolute Gasteiger partial charge is 0.243 e. The van der Waals surface area contributed by atoms with Gasteiger partial charge in [0, 0.05) is 26.3 Å². The highest BCUT2D eigenvalue weighted by Crippen LogP contribution is 2.25. The molecule has 1 aliphatic heterocycles. The lowest BCUT2D eigenvalue weighted by Gasteiger charge is -2.13. The molecule has 112 valence electrons. The van der Waals surface area contributed by atoms with E-state index in [1.807, 2.05) is 0 Å². The van der Waals surface area contributed by atoms with E-state index in [1.165, 1.54) is 11.8 Å². The van der Waals surface area contributed by atoms with Crippen molar-refractivity contribution in [1.29, 1.82) is 0 Å². The number of Topliss-reactive ketones (excluding diaryl/α,β-unsaturated/α-hetero) is 1. The highest BCUT2D eigenvalue weighted by Gasteiger charge is 2.39. The maximum absolute atomic E-state index is 12.0. The number of likely N-dealkylation sites (tertiary alicyclic amines) is 1. The molecule has 1 heterocycles. The van der Waals surface area contributed by atoms with E-state index in [4.69, 9.17) is 5.73 Å². The minimum absolute atomic E-state index is 0.0827. The highest BCUT2D eigenvalue weighted by molar-refractivity contribution is 8.00. The molecular formula is C13H21N3O3S. The molecule has 1 atom stereocenters. The van der Waals surface area contributed by atoms with Crippen LogP contribution in [0, 0.1) is 0 Å². The fourth-order valence-electron chi connectivity index (χ4n) is 1.83. The number of hydrogen-bond donors (Lipinski definition) is 1. The van der Waals surface area contributed by atoms with E-state index in [9.17, 15) is 14.4 Å². The second kappa shape index (κ2) is 8.04. The molecule has 0 aromatic rings. The number of carbonyl (C=O) groups is 3. The van der Waals surface area contributed by atoms with E-state index in [2.05, 4.69) is 4.99 Å². The van der Waals surface area contributed by atoms with E-state index in [0.29, 0.717) is 18.7 Å². The molecule has 1 aliphatic rings. The van der Waals surface area contributed by atoms with Crippen molar-refractivity contribution in [3.63, 3.8) is 0 Å². The van der Waals surface area contributed by atoms with E-state index < -0.39 is 0 Å². The molecule has 0 aromatic heterocycles. The molecule has 0 aromatic carbocycles. The van der Waals surface area contributed by atoms with Crippen LogP contribution in [0.15, 0.2) is 4.99 Å². The van der Waals surface area contributed by atoms with Crippen molar-refractivity contribution < 1.29 is 14.4 Å². The van der Waals surface area contributed by atoms with Crippen molar-refractivity contribution in [2.24, 2.45) is 10.7 Å². The SMILES string of the molecule is CCC(=O)CN1C(=O)CC(SCCCC(N)=NC)C1=O. The predicted octanol–water partition coefficient (Wildman–Crippen LogP) is 0.593. The number of ketones is 1. The Kier molecular flexibility index (Phi) is 6.70. The molecule has 1 rings (SSSR count). The Balaban J connectivity index is 2.40. The molecule has 6 nitrogen and oxygen atoms in total. The van der Waals surface area contributed by atoms with Gasteiger partial charge in [0.05, 0.1) is 17.6 Å². The summed E-state index contributed by atoms with van der Waals surface area (Å²) in [6.45, 7) is 1.64. The average Bonchev–Trinajstić information content (AvgIpc) is 2.70. The third-order valence-corrected chi connectivity index (χ3v) is 4.41. The van der Waals surface area contributed by atoms with Gasteiger partial charge in [-0.15, -0.1) is 11.8 Å². The lowest BCUT2D eigenvalue weighted by atomic mass is 10.3. The van der Waals surface area contributed by atoms with Crippen LogP contribution >= 0.6 is 11.8 Å². The first-order valence-corrected chi connectivity index (χ1v) is 7.73. The molecule has 20 heavy (non-hydrogen) atoms. The summed E-state index contributed by atoms with van der Waals surface area (Å²) in [6.07, 6.45) is 2.04. The number of nitrogens with zero attached hydrogens (tertiary/aromatic N) is 2. The van der Waals surface area contributed by atoms with Crippen LogP contribution in [0.3, 0.4) is 0 Å². The van der Waals surface area contributed by atoms with E-state index in [0.717, 1.165) is 17.1 Å². The monoisotopic (exact) mass is 299 g/mol. The molecular weight excluding hydrogens is 278 g/mol. The number of hydrogen-bond acceptors (Lipinski definition) is 5. The van der Waals surface area contributed by atoms with E-state index >= 15 is 0 Å². The van der Waals surface area contributed by atoms with E-state index in [1.54, 1.807) is 14.0 Å². The molecule has 1 unspecified atom stereocenters. The Labute approximate surface area is 123 Å². The molecule has 2 N–H and O–H groups in total. The van der Waals surface area contributed by atoms with Crippen molar-refractivity contribution >= 4 is 35.2 Å². The van der Waals surface area contributed by atoms with Crippen LogP contribution in [0.4, 0.5) is 0 Å². The number of imide groups is 1. The standard InChI is InChI=1S/C13H21N3O3S/c1-3-9(17)8-16-12(18)7-10(13(16)19)20-6-4-5-11(14)15-2/h10H,3-8H2,1-2H3,(H2,14,15). The number of carbonyl (C=O) groups excluding carboxylic acids is 3. The second-order valence-corrected chi connectivity index (χ2v) is 5.90. The van der Waals surface area contributed by atoms with Crippen LogP contribution in [0.5, 0.6) is 0 Å². The Bertz CT molecular complexity index is 423.